The Morgan fingerprint density at radius 1 is 1.10 bits per heavy atom. The monoisotopic (exact) mass is 278 g/mol. The number of carbonyl (C=O) groups excluding carboxylic acids is 1. The number of amides is 1. The van der Waals surface area contributed by atoms with E-state index < -0.39 is 0 Å². The smallest absolute Gasteiger partial charge is 0.251 e. The maximum atomic E-state index is 12.0. The fraction of sp³-hybridized carbons (Fsp3) is 0.533. The second-order valence-electron chi connectivity index (χ2n) is 5.57. The summed E-state index contributed by atoms with van der Waals surface area (Å²) < 4.78 is 0. The SMILES string of the molecule is CC(C)N(CCNC(=O)c1cc(N)cc(N)c1)C(C)C. The van der Waals surface area contributed by atoms with Crippen molar-refractivity contribution in [3.8, 4) is 0 Å². The van der Waals surface area contributed by atoms with Crippen molar-refractivity contribution in [3.63, 3.8) is 0 Å². The number of nitrogens with zero attached hydrogens (tertiary/aromatic N) is 1. The number of hydrogen-bond donors (Lipinski definition) is 3. The molecular formula is C15H26N4O. The molecule has 1 rings (SSSR count). The lowest BCUT2D eigenvalue weighted by Crippen LogP contribution is -2.42. The quantitative estimate of drug-likeness (QED) is 0.691. The molecule has 0 spiro atoms. The Morgan fingerprint density at radius 3 is 2.05 bits per heavy atom. The van der Waals surface area contributed by atoms with Gasteiger partial charge in [-0.1, -0.05) is 0 Å². The highest BCUT2D eigenvalue weighted by molar-refractivity contribution is 5.96. The van der Waals surface area contributed by atoms with Gasteiger partial charge in [0.2, 0.25) is 0 Å². The normalized spacial score (nSPS) is 11.3. The van der Waals surface area contributed by atoms with Gasteiger partial charge in [-0.05, 0) is 45.9 Å². The molecule has 0 radical (unpaired) electrons. The van der Waals surface area contributed by atoms with Crippen LogP contribution in [0.3, 0.4) is 0 Å². The summed E-state index contributed by atoms with van der Waals surface area (Å²) >= 11 is 0. The Kier molecular flexibility index (Phi) is 5.82. The number of nitrogens with one attached hydrogen (secondary N) is 1. The molecule has 5 nitrogen and oxygen atoms in total. The van der Waals surface area contributed by atoms with Crippen LogP contribution in [0.15, 0.2) is 18.2 Å². The number of hydrogen-bond acceptors (Lipinski definition) is 4. The average molecular weight is 278 g/mol. The van der Waals surface area contributed by atoms with Gasteiger partial charge in [0.1, 0.15) is 0 Å². The standard InChI is InChI=1S/C15H26N4O/c1-10(2)19(11(3)4)6-5-18-15(20)12-7-13(16)9-14(17)8-12/h7-11H,5-6,16-17H2,1-4H3,(H,18,20). The van der Waals surface area contributed by atoms with Crippen LogP contribution in [-0.4, -0.2) is 36.0 Å². The maximum absolute atomic E-state index is 12.0. The van der Waals surface area contributed by atoms with Crippen molar-refractivity contribution in [2.75, 3.05) is 24.6 Å². The van der Waals surface area contributed by atoms with Gasteiger partial charge in [0, 0.05) is 42.1 Å². The Labute approximate surface area is 121 Å². The van der Waals surface area contributed by atoms with E-state index >= 15 is 0 Å². The zero-order valence-corrected chi connectivity index (χ0v) is 12.8. The maximum Gasteiger partial charge on any atom is 0.251 e. The van der Waals surface area contributed by atoms with Crippen LogP contribution in [0, 0.1) is 0 Å². The Morgan fingerprint density at radius 2 is 1.60 bits per heavy atom. The van der Waals surface area contributed by atoms with Crippen LogP contribution in [0.4, 0.5) is 11.4 Å². The van der Waals surface area contributed by atoms with E-state index in [1.165, 1.54) is 0 Å². The average Bonchev–Trinajstić information content (AvgIpc) is 2.32. The zero-order valence-electron chi connectivity index (χ0n) is 12.8. The van der Waals surface area contributed by atoms with E-state index in [4.69, 9.17) is 11.5 Å². The van der Waals surface area contributed by atoms with E-state index in [9.17, 15) is 4.79 Å². The van der Waals surface area contributed by atoms with Crippen molar-refractivity contribution in [2.24, 2.45) is 0 Å². The molecule has 0 fully saturated rings. The summed E-state index contributed by atoms with van der Waals surface area (Å²) in [5.41, 5.74) is 12.9. The summed E-state index contributed by atoms with van der Waals surface area (Å²) in [6.07, 6.45) is 0. The Bertz CT molecular complexity index is 429. The molecular weight excluding hydrogens is 252 g/mol. The van der Waals surface area contributed by atoms with Gasteiger partial charge in [0.05, 0.1) is 0 Å². The molecule has 0 bridgehead atoms. The molecule has 0 unspecified atom stereocenters. The highest BCUT2D eigenvalue weighted by Gasteiger charge is 2.13. The largest absolute Gasteiger partial charge is 0.399 e. The first-order valence-corrected chi connectivity index (χ1v) is 7.01. The number of carbonyl (C=O) groups is 1. The van der Waals surface area contributed by atoms with Crippen LogP contribution in [-0.2, 0) is 0 Å². The first-order valence-electron chi connectivity index (χ1n) is 7.01. The highest BCUT2D eigenvalue weighted by atomic mass is 16.1. The van der Waals surface area contributed by atoms with Gasteiger partial charge in [-0.3, -0.25) is 9.69 Å². The molecule has 0 aromatic heterocycles. The number of nitrogen functional groups attached to an aromatic ring is 2. The van der Waals surface area contributed by atoms with E-state index in [1.54, 1.807) is 18.2 Å². The van der Waals surface area contributed by atoms with Crippen LogP contribution in [0.5, 0.6) is 0 Å². The summed E-state index contributed by atoms with van der Waals surface area (Å²) in [6.45, 7) is 10.0. The molecule has 112 valence electrons. The van der Waals surface area contributed by atoms with Crippen molar-refractivity contribution < 1.29 is 4.79 Å². The molecule has 0 saturated heterocycles. The van der Waals surface area contributed by atoms with Gasteiger partial charge in [-0.15, -0.1) is 0 Å². The second-order valence-corrected chi connectivity index (χ2v) is 5.57. The van der Waals surface area contributed by atoms with Crippen molar-refractivity contribution >= 4 is 17.3 Å². The highest BCUT2D eigenvalue weighted by Crippen LogP contribution is 2.13. The van der Waals surface area contributed by atoms with Crippen LogP contribution < -0.4 is 16.8 Å². The molecule has 1 aromatic carbocycles. The number of anilines is 2. The van der Waals surface area contributed by atoms with E-state index in [2.05, 4.69) is 37.9 Å². The first-order chi connectivity index (χ1) is 9.31. The van der Waals surface area contributed by atoms with Crippen molar-refractivity contribution in [2.45, 2.75) is 39.8 Å². The van der Waals surface area contributed by atoms with E-state index in [0.29, 0.717) is 35.6 Å². The Balaban J connectivity index is 2.55. The predicted octanol–water partition coefficient (Wildman–Crippen LogP) is 1.70. The van der Waals surface area contributed by atoms with Gasteiger partial charge < -0.3 is 16.8 Å². The molecule has 1 amide bonds. The summed E-state index contributed by atoms with van der Waals surface area (Å²) in [5.74, 6) is -0.142. The van der Waals surface area contributed by atoms with Gasteiger partial charge in [0.15, 0.2) is 0 Å². The molecule has 1 aromatic rings. The predicted molar refractivity (Wildman–Crippen MR) is 84.6 cm³/mol. The van der Waals surface area contributed by atoms with Crippen LogP contribution >= 0.6 is 0 Å². The van der Waals surface area contributed by atoms with E-state index in [-0.39, 0.29) is 5.91 Å². The molecule has 0 aliphatic heterocycles. The molecule has 0 aliphatic carbocycles. The minimum absolute atomic E-state index is 0.142. The molecule has 5 heteroatoms. The molecule has 0 saturated carbocycles. The second kappa shape index (κ2) is 7.14. The number of rotatable bonds is 6. The molecule has 0 atom stereocenters. The van der Waals surface area contributed by atoms with Crippen molar-refractivity contribution in [1.82, 2.24) is 10.2 Å². The summed E-state index contributed by atoms with van der Waals surface area (Å²) in [6, 6.07) is 5.81. The van der Waals surface area contributed by atoms with Gasteiger partial charge in [-0.2, -0.15) is 0 Å². The fourth-order valence-electron chi connectivity index (χ4n) is 2.32. The van der Waals surface area contributed by atoms with Crippen LogP contribution in [0.1, 0.15) is 38.1 Å². The fourth-order valence-corrected chi connectivity index (χ4v) is 2.32. The van der Waals surface area contributed by atoms with Crippen molar-refractivity contribution in [3.05, 3.63) is 23.8 Å². The lowest BCUT2D eigenvalue weighted by molar-refractivity contribution is 0.0939. The summed E-state index contributed by atoms with van der Waals surface area (Å²) in [7, 11) is 0. The summed E-state index contributed by atoms with van der Waals surface area (Å²) in [4.78, 5) is 14.4. The van der Waals surface area contributed by atoms with Gasteiger partial charge in [-0.25, -0.2) is 0 Å². The minimum atomic E-state index is -0.142. The Hall–Kier alpha value is -1.75. The van der Waals surface area contributed by atoms with Crippen molar-refractivity contribution in [1.29, 1.82) is 0 Å². The zero-order chi connectivity index (χ0) is 15.3. The van der Waals surface area contributed by atoms with Crippen LogP contribution in [0.25, 0.3) is 0 Å². The minimum Gasteiger partial charge on any atom is -0.399 e. The third-order valence-corrected chi connectivity index (χ3v) is 3.22. The van der Waals surface area contributed by atoms with Gasteiger partial charge in [0.25, 0.3) is 5.91 Å². The van der Waals surface area contributed by atoms with Gasteiger partial charge >= 0.3 is 0 Å². The number of benzene rings is 1. The van der Waals surface area contributed by atoms with E-state index in [1.807, 2.05) is 0 Å². The number of nitrogens with two attached hydrogens (primary N) is 2. The van der Waals surface area contributed by atoms with E-state index in [0.717, 1.165) is 6.54 Å². The lowest BCUT2D eigenvalue weighted by atomic mass is 10.1. The molecule has 5 N–H and O–H groups in total. The first kappa shape index (κ1) is 16.3. The lowest BCUT2D eigenvalue weighted by Gasteiger charge is -2.30. The topological polar surface area (TPSA) is 84.4 Å². The molecule has 0 aliphatic rings. The molecule has 20 heavy (non-hydrogen) atoms. The summed E-state index contributed by atoms with van der Waals surface area (Å²) in [5, 5.41) is 2.90. The molecule has 0 heterocycles. The third-order valence-electron chi connectivity index (χ3n) is 3.22. The third kappa shape index (κ3) is 4.74. The van der Waals surface area contributed by atoms with Crippen LogP contribution in [0.2, 0.25) is 0 Å².